The van der Waals surface area contributed by atoms with Crippen LogP contribution in [0.1, 0.15) is 22.8 Å². The summed E-state index contributed by atoms with van der Waals surface area (Å²) < 4.78 is 11.5. The van der Waals surface area contributed by atoms with Crippen molar-refractivity contribution >= 4 is 11.8 Å². The Hall–Kier alpha value is -3.02. The third-order valence-electron chi connectivity index (χ3n) is 4.01. The largest absolute Gasteiger partial charge is 0.482 e. The van der Waals surface area contributed by atoms with Crippen LogP contribution >= 0.6 is 0 Å². The van der Waals surface area contributed by atoms with Gasteiger partial charge in [-0.3, -0.25) is 9.59 Å². The molecule has 0 fully saturated rings. The molecule has 25 heavy (non-hydrogen) atoms. The first-order valence-electron chi connectivity index (χ1n) is 8.09. The third kappa shape index (κ3) is 3.74. The van der Waals surface area contributed by atoms with Crippen LogP contribution in [-0.2, 0) is 11.3 Å². The van der Waals surface area contributed by atoms with E-state index < -0.39 is 6.10 Å². The fourth-order valence-electron chi connectivity index (χ4n) is 2.61. The topological polar surface area (TPSA) is 76.7 Å². The van der Waals surface area contributed by atoms with Crippen molar-refractivity contribution in [3.05, 3.63) is 59.7 Å². The third-order valence-corrected chi connectivity index (χ3v) is 4.01. The molecule has 2 atom stereocenters. The van der Waals surface area contributed by atoms with Crippen LogP contribution in [0.4, 0.5) is 0 Å². The molecule has 2 aromatic rings. The molecule has 6 heteroatoms. The van der Waals surface area contributed by atoms with Gasteiger partial charge in [-0.05, 0) is 36.8 Å². The number of hydrogen-bond donors (Lipinski definition) is 2. The molecule has 3 rings (SSSR count). The Morgan fingerprint density at radius 2 is 1.64 bits per heavy atom. The zero-order valence-corrected chi connectivity index (χ0v) is 14.1. The van der Waals surface area contributed by atoms with E-state index >= 15 is 0 Å². The summed E-state index contributed by atoms with van der Waals surface area (Å²) in [6.07, 6.45) is -1.09. The highest BCUT2D eigenvalue weighted by atomic mass is 16.6. The highest BCUT2D eigenvalue weighted by Crippen LogP contribution is 2.33. The molecule has 1 heterocycles. The maximum atomic E-state index is 12.4. The molecule has 2 aromatic carbocycles. The summed E-state index contributed by atoms with van der Waals surface area (Å²) in [5.41, 5.74) is 1.47. The van der Waals surface area contributed by atoms with E-state index in [1.54, 1.807) is 32.2 Å². The maximum Gasteiger partial charge on any atom is 0.265 e. The van der Waals surface area contributed by atoms with E-state index in [1.807, 2.05) is 30.3 Å². The minimum Gasteiger partial charge on any atom is -0.482 e. The normalized spacial score (nSPS) is 18.3. The lowest BCUT2D eigenvalue weighted by molar-refractivity contribution is -0.133. The second kappa shape index (κ2) is 7.25. The number of hydrogen-bond acceptors (Lipinski definition) is 4. The van der Waals surface area contributed by atoms with Gasteiger partial charge in [0.25, 0.3) is 11.8 Å². The molecule has 1 aliphatic rings. The molecular weight excluding hydrogens is 320 g/mol. The second-order valence-electron chi connectivity index (χ2n) is 5.80. The predicted molar refractivity (Wildman–Crippen MR) is 92.6 cm³/mol. The molecule has 0 saturated carbocycles. The van der Waals surface area contributed by atoms with E-state index in [-0.39, 0.29) is 17.9 Å². The number of benzene rings is 2. The zero-order chi connectivity index (χ0) is 17.8. The van der Waals surface area contributed by atoms with Gasteiger partial charge in [0, 0.05) is 19.2 Å². The van der Waals surface area contributed by atoms with E-state index in [9.17, 15) is 9.59 Å². The summed E-state index contributed by atoms with van der Waals surface area (Å²) >= 11 is 0. The van der Waals surface area contributed by atoms with Gasteiger partial charge in [-0.2, -0.15) is 0 Å². The predicted octanol–water partition coefficient (Wildman–Crippen LogP) is 1.89. The van der Waals surface area contributed by atoms with Crippen molar-refractivity contribution in [1.29, 1.82) is 0 Å². The van der Waals surface area contributed by atoms with Crippen molar-refractivity contribution in [1.82, 2.24) is 10.6 Å². The van der Waals surface area contributed by atoms with E-state index in [0.717, 1.165) is 5.56 Å². The lowest BCUT2D eigenvalue weighted by atomic mass is 10.1. The Morgan fingerprint density at radius 1 is 1.00 bits per heavy atom. The molecule has 0 spiro atoms. The maximum absolute atomic E-state index is 12.4. The van der Waals surface area contributed by atoms with Gasteiger partial charge in [-0.15, -0.1) is 0 Å². The van der Waals surface area contributed by atoms with Crippen molar-refractivity contribution in [3.63, 3.8) is 0 Å². The smallest absolute Gasteiger partial charge is 0.265 e. The molecular formula is C19H20N2O4. The number of carbonyl (C=O) groups is 2. The molecule has 6 nitrogen and oxygen atoms in total. The van der Waals surface area contributed by atoms with Gasteiger partial charge in [-0.25, -0.2) is 0 Å². The van der Waals surface area contributed by atoms with Crippen LogP contribution in [0.5, 0.6) is 11.5 Å². The van der Waals surface area contributed by atoms with E-state index in [0.29, 0.717) is 23.6 Å². The summed E-state index contributed by atoms with van der Waals surface area (Å²) in [4.78, 5) is 24.0. The fourth-order valence-corrected chi connectivity index (χ4v) is 2.61. The number of fused-ring (bicyclic) bond motifs is 1. The number of nitrogens with one attached hydrogen (secondary N) is 2. The first-order chi connectivity index (χ1) is 12.1. The van der Waals surface area contributed by atoms with Crippen molar-refractivity contribution in [2.45, 2.75) is 25.7 Å². The van der Waals surface area contributed by atoms with Crippen LogP contribution in [0.25, 0.3) is 0 Å². The molecule has 130 valence electrons. The summed E-state index contributed by atoms with van der Waals surface area (Å²) in [6.45, 7) is 2.15. The molecule has 1 aliphatic heterocycles. The summed E-state index contributed by atoms with van der Waals surface area (Å²) in [7, 11) is 1.59. The lowest BCUT2D eigenvalue weighted by Gasteiger charge is -2.31. The minimum absolute atomic E-state index is 0.143. The average Bonchev–Trinajstić information content (AvgIpc) is 2.65. The highest BCUT2D eigenvalue weighted by molar-refractivity contribution is 5.93. The van der Waals surface area contributed by atoms with Crippen molar-refractivity contribution in [3.8, 4) is 11.5 Å². The van der Waals surface area contributed by atoms with Crippen LogP contribution in [0, 0.1) is 0 Å². The van der Waals surface area contributed by atoms with Gasteiger partial charge in [0.15, 0.2) is 11.5 Å². The quantitative estimate of drug-likeness (QED) is 0.891. The Labute approximate surface area is 146 Å². The fraction of sp³-hybridized carbons (Fsp3) is 0.263. The van der Waals surface area contributed by atoms with E-state index in [1.165, 1.54) is 0 Å². The number of rotatable bonds is 4. The Morgan fingerprint density at radius 3 is 2.28 bits per heavy atom. The van der Waals surface area contributed by atoms with Crippen molar-refractivity contribution in [2.75, 3.05) is 7.05 Å². The van der Waals surface area contributed by atoms with Crippen LogP contribution in [-0.4, -0.2) is 31.1 Å². The Kier molecular flexibility index (Phi) is 4.88. The van der Waals surface area contributed by atoms with Gasteiger partial charge < -0.3 is 20.1 Å². The zero-order valence-electron chi connectivity index (χ0n) is 14.1. The van der Waals surface area contributed by atoms with Gasteiger partial charge in [-0.1, -0.05) is 24.3 Å². The molecule has 2 unspecified atom stereocenters. The lowest BCUT2D eigenvalue weighted by Crippen LogP contribution is -2.48. The van der Waals surface area contributed by atoms with Crippen LogP contribution in [0.15, 0.2) is 48.5 Å². The van der Waals surface area contributed by atoms with E-state index in [4.69, 9.17) is 9.47 Å². The molecule has 0 saturated heterocycles. The Balaban J connectivity index is 1.60. The van der Waals surface area contributed by atoms with Gasteiger partial charge in [0.1, 0.15) is 6.10 Å². The molecule has 0 aliphatic carbocycles. The summed E-state index contributed by atoms with van der Waals surface area (Å²) in [5.74, 6) is 0.827. The van der Waals surface area contributed by atoms with Crippen LogP contribution < -0.4 is 20.1 Å². The molecule has 0 aromatic heterocycles. The SMILES string of the molecule is CNC(=O)c1ccc(CNC(=O)C2Oc3ccccc3OC2C)cc1. The monoisotopic (exact) mass is 340 g/mol. The second-order valence-corrected chi connectivity index (χ2v) is 5.80. The number of ether oxygens (including phenoxy) is 2. The molecule has 0 bridgehead atoms. The standard InChI is InChI=1S/C19H20N2O4/c1-12-17(25-16-6-4-3-5-15(16)24-12)19(23)21-11-13-7-9-14(10-8-13)18(22)20-2/h3-10,12,17H,11H2,1-2H3,(H,20,22)(H,21,23). The summed E-state index contributed by atoms with van der Waals surface area (Å²) in [6, 6.07) is 14.3. The molecule has 2 amide bonds. The number of carbonyl (C=O) groups excluding carboxylic acids is 2. The molecule has 0 radical (unpaired) electrons. The van der Waals surface area contributed by atoms with Crippen LogP contribution in [0.2, 0.25) is 0 Å². The average molecular weight is 340 g/mol. The van der Waals surface area contributed by atoms with Crippen molar-refractivity contribution < 1.29 is 19.1 Å². The molecule has 2 N–H and O–H groups in total. The minimum atomic E-state index is -0.708. The Bertz CT molecular complexity index is 773. The van der Waals surface area contributed by atoms with Gasteiger partial charge >= 0.3 is 0 Å². The summed E-state index contributed by atoms with van der Waals surface area (Å²) in [5, 5.41) is 5.42. The van der Waals surface area contributed by atoms with Gasteiger partial charge in [0.2, 0.25) is 6.10 Å². The first kappa shape index (κ1) is 16.8. The first-order valence-corrected chi connectivity index (χ1v) is 8.09. The van der Waals surface area contributed by atoms with Crippen LogP contribution in [0.3, 0.4) is 0 Å². The van der Waals surface area contributed by atoms with Crippen molar-refractivity contribution in [2.24, 2.45) is 0 Å². The highest BCUT2D eigenvalue weighted by Gasteiger charge is 2.33. The van der Waals surface area contributed by atoms with Gasteiger partial charge in [0.05, 0.1) is 0 Å². The number of amides is 2. The number of para-hydroxylation sites is 2. The van der Waals surface area contributed by atoms with E-state index in [2.05, 4.69) is 10.6 Å².